The fourth-order valence-electron chi connectivity index (χ4n) is 2.29. The smallest absolute Gasteiger partial charge is 0.319 e. The third-order valence-electron chi connectivity index (χ3n) is 3.42. The Kier molecular flexibility index (Phi) is 4.12. The lowest BCUT2D eigenvalue weighted by atomic mass is 10.1. The van der Waals surface area contributed by atoms with E-state index in [4.69, 9.17) is 9.47 Å². The molecule has 0 spiro atoms. The number of aromatic nitrogens is 5. The molecular formula is C13H16N6O3. The topological polar surface area (TPSA) is 106 Å². The molecule has 0 atom stereocenters. The average molecular weight is 304 g/mol. The summed E-state index contributed by atoms with van der Waals surface area (Å²) in [6.45, 7) is 1.21. The predicted molar refractivity (Wildman–Crippen MR) is 74.5 cm³/mol. The van der Waals surface area contributed by atoms with Crippen molar-refractivity contribution in [1.82, 2.24) is 30.0 Å². The van der Waals surface area contributed by atoms with Gasteiger partial charge < -0.3 is 14.4 Å². The molecule has 1 aliphatic heterocycles. The van der Waals surface area contributed by atoms with Gasteiger partial charge in [0.15, 0.2) is 0 Å². The van der Waals surface area contributed by atoms with E-state index in [-0.39, 0.29) is 23.8 Å². The standard InChI is InChI=1S/C13H16N6O3/c1-21-13-14-5-2-10(17-13)22-9-3-6-19(7-4-9)12(20)11-15-8-16-18-11/h2,5,8-9H,3-4,6-7H2,1H3,(H,15,16,18). The van der Waals surface area contributed by atoms with Crippen molar-refractivity contribution < 1.29 is 14.3 Å². The lowest BCUT2D eigenvalue weighted by molar-refractivity contribution is 0.0576. The highest BCUT2D eigenvalue weighted by atomic mass is 16.5. The number of nitrogens with zero attached hydrogens (tertiary/aromatic N) is 5. The number of piperidine rings is 1. The first-order valence-corrected chi connectivity index (χ1v) is 6.94. The summed E-state index contributed by atoms with van der Waals surface area (Å²) in [5.41, 5.74) is 0. The van der Waals surface area contributed by atoms with Crippen molar-refractivity contribution in [2.24, 2.45) is 0 Å². The Morgan fingerprint density at radius 3 is 2.86 bits per heavy atom. The minimum absolute atomic E-state index is 0.0124. The van der Waals surface area contributed by atoms with E-state index >= 15 is 0 Å². The molecule has 9 heteroatoms. The Labute approximate surface area is 126 Å². The molecule has 0 bridgehead atoms. The third-order valence-corrected chi connectivity index (χ3v) is 3.42. The van der Waals surface area contributed by atoms with Crippen LogP contribution >= 0.6 is 0 Å². The second-order valence-corrected chi connectivity index (χ2v) is 4.83. The third kappa shape index (κ3) is 3.13. The van der Waals surface area contributed by atoms with Gasteiger partial charge in [0, 0.05) is 38.2 Å². The van der Waals surface area contributed by atoms with Gasteiger partial charge in [-0.3, -0.25) is 9.89 Å². The van der Waals surface area contributed by atoms with Gasteiger partial charge in [0.2, 0.25) is 11.7 Å². The van der Waals surface area contributed by atoms with Gasteiger partial charge in [-0.25, -0.2) is 9.97 Å². The average Bonchev–Trinajstić information content (AvgIpc) is 3.09. The molecule has 1 saturated heterocycles. The van der Waals surface area contributed by atoms with E-state index in [2.05, 4.69) is 25.1 Å². The number of H-pyrrole nitrogens is 1. The quantitative estimate of drug-likeness (QED) is 0.865. The van der Waals surface area contributed by atoms with Crippen LogP contribution in [0, 0.1) is 0 Å². The van der Waals surface area contributed by atoms with Crippen molar-refractivity contribution in [1.29, 1.82) is 0 Å². The molecule has 2 aromatic heterocycles. The number of carbonyl (C=O) groups excluding carboxylic acids is 1. The van der Waals surface area contributed by atoms with E-state index in [9.17, 15) is 4.79 Å². The monoisotopic (exact) mass is 304 g/mol. The SMILES string of the molecule is COc1nccc(OC2CCN(C(=O)c3ncn[nH]3)CC2)n1. The first kappa shape index (κ1) is 14.2. The number of rotatable bonds is 4. The second kappa shape index (κ2) is 6.37. The summed E-state index contributed by atoms with van der Waals surface area (Å²) in [6, 6.07) is 1.96. The van der Waals surface area contributed by atoms with Crippen LogP contribution in [0.3, 0.4) is 0 Å². The zero-order chi connectivity index (χ0) is 15.4. The van der Waals surface area contributed by atoms with Crippen molar-refractivity contribution in [2.45, 2.75) is 18.9 Å². The molecule has 3 rings (SSSR count). The van der Waals surface area contributed by atoms with Crippen LogP contribution in [0.25, 0.3) is 0 Å². The minimum Gasteiger partial charge on any atom is -0.474 e. The van der Waals surface area contributed by atoms with Crippen LogP contribution < -0.4 is 9.47 Å². The van der Waals surface area contributed by atoms with Gasteiger partial charge in [-0.05, 0) is 0 Å². The van der Waals surface area contributed by atoms with Crippen LogP contribution in [0.1, 0.15) is 23.5 Å². The molecule has 1 amide bonds. The Hall–Kier alpha value is -2.71. The van der Waals surface area contributed by atoms with Crippen molar-refractivity contribution in [3.8, 4) is 11.9 Å². The molecule has 116 valence electrons. The highest BCUT2D eigenvalue weighted by molar-refractivity contribution is 5.90. The van der Waals surface area contributed by atoms with Gasteiger partial charge in [-0.2, -0.15) is 10.1 Å². The molecule has 0 unspecified atom stereocenters. The number of carbonyl (C=O) groups is 1. The van der Waals surface area contributed by atoms with Gasteiger partial charge in [0.25, 0.3) is 5.91 Å². The number of likely N-dealkylation sites (tertiary alicyclic amines) is 1. The molecule has 9 nitrogen and oxygen atoms in total. The van der Waals surface area contributed by atoms with Gasteiger partial charge in [0.1, 0.15) is 12.4 Å². The lowest BCUT2D eigenvalue weighted by Crippen LogP contribution is -2.42. The molecule has 3 heterocycles. The maximum absolute atomic E-state index is 12.1. The van der Waals surface area contributed by atoms with E-state index in [0.29, 0.717) is 19.0 Å². The number of amides is 1. The van der Waals surface area contributed by atoms with E-state index in [0.717, 1.165) is 12.8 Å². The van der Waals surface area contributed by atoms with Gasteiger partial charge in [-0.1, -0.05) is 0 Å². The largest absolute Gasteiger partial charge is 0.474 e. The first-order chi connectivity index (χ1) is 10.8. The summed E-state index contributed by atoms with van der Waals surface area (Å²) in [5, 5.41) is 6.27. The van der Waals surface area contributed by atoms with Crippen LogP contribution in [0.15, 0.2) is 18.6 Å². The van der Waals surface area contributed by atoms with Crippen LogP contribution in [-0.2, 0) is 0 Å². The molecule has 0 radical (unpaired) electrons. The molecule has 1 fully saturated rings. The summed E-state index contributed by atoms with van der Waals surface area (Å²) < 4.78 is 10.8. The Morgan fingerprint density at radius 1 is 1.36 bits per heavy atom. The molecule has 1 aliphatic rings. The highest BCUT2D eigenvalue weighted by Gasteiger charge is 2.26. The van der Waals surface area contributed by atoms with Crippen LogP contribution in [0.5, 0.6) is 11.9 Å². The highest BCUT2D eigenvalue weighted by Crippen LogP contribution is 2.19. The Morgan fingerprint density at radius 2 is 2.18 bits per heavy atom. The van der Waals surface area contributed by atoms with Crippen molar-refractivity contribution in [3.63, 3.8) is 0 Å². The van der Waals surface area contributed by atoms with Gasteiger partial charge >= 0.3 is 6.01 Å². The number of nitrogens with one attached hydrogen (secondary N) is 1. The van der Waals surface area contributed by atoms with E-state index < -0.39 is 0 Å². The zero-order valence-electron chi connectivity index (χ0n) is 12.1. The van der Waals surface area contributed by atoms with E-state index in [1.165, 1.54) is 13.4 Å². The number of hydrogen-bond acceptors (Lipinski definition) is 7. The summed E-state index contributed by atoms with van der Waals surface area (Å²) in [6.07, 6.45) is 4.38. The van der Waals surface area contributed by atoms with Crippen LogP contribution in [0.4, 0.5) is 0 Å². The fraction of sp³-hybridized carbons (Fsp3) is 0.462. The summed E-state index contributed by atoms with van der Waals surface area (Å²) >= 11 is 0. The summed E-state index contributed by atoms with van der Waals surface area (Å²) in [4.78, 5) is 25.8. The zero-order valence-corrected chi connectivity index (χ0v) is 12.1. The maximum atomic E-state index is 12.1. The van der Waals surface area contributed by atoms with Crippen molar-refractivity contribution >= 4 is 5.91 Å². The Bertz CT molecular complexity index is 624. The Balaban J connectivity index is 1.54. The second-order valence-electron chi connectivity index (χ2n) is 4.83. The molecular weight excluding hydrogens is 288 g/mol. The van der Waals surface area contributed by atoms with Crippen molar-refractivity contribution in [2.75, 3.05) is 20.2 Å². The van der Waals surface area contributed by atoms with Gasteiger partial charge in [-0.15, -0.1) is 0 Å². The minimum atomic E-state index is -0.139. The summed E-state index contributed by atoms with van der Waals surface area (Å²) in [7, 11) is 1.51. The van der Waals surface area contributed by atoms with E-state index in [1.807, 2.05) is 0 Å². The van der Waals surface area contributed by atoms with E-state index in [1.54, 1.807) is 17.2 Å². The maximum Gasteiger partial charge on any atom is 0.319 e. The number of hydrogen-bond donors (Lipinski definition) is 1. The predicted octanol–water partition coefficient (Wildman–Crippen LogP) is 0.287. The van der Waals surface area contributed by atoms with Crippen LogP contribution in [-0.4, -0.2) is 62.3 Å². The molecule has 2 aromatic rings. The molecule has 0 saturated carbocycles. The van der Waals surface area contributed by atoms with Crippen LogP contribution in [0.2, 0.25) is 0 Å². The molecule has 22 heavy (non-hydrogen) atoms. The number of methoxy groups -OCH3 is 1. The van der Waals surface area contributed by atoms with Crippen molar-refractivity contribution in [3.05, 3.63) is 24.4 Å². The number of aromatic amines is 1. The molecule has 0 aliphatic carbocycles. The lowest BCUT2D eigenvalue weighted by Gasteiger charge is -2.31. The molecule has 0 aromatic carbocycles. The summed E-state index contributed by atoms with van der Waals surface area (Å²) in [5.74, 6) is 0.603. The first-order valence-electron chi connectivity index (χ1n) is 6.94. The normalized spacial score (nSPS) is 15.6. The fourth-order valence-corrected chi connectivity index (χ4v) is 2.29. The van der Waals surface area contributed by atoms with Gasteiger partial charge in [0.05, 0.1) is 7.11 Å². The number of ether oxygens (including phenoxy) is 2. The molecule has 1 N–H and O–H groups in total.